The van der Waals surface area contributed by atoms with Crippen molar-refractivity contribution < 1.29 is 14.4 Å². The summed E-state index contributed by atoms with van der Waals surface area (Å²) in [6, 6.07) is 15.5. The first-order chi connectivity index (χ1) is 19.2. The van der Waals surface area contributed by atoms with Crippen LogP contribution in [0.5, 0.6) is 11.5 Å². The number of para-hydroxylation sites is 1. The molecular weight excluding hydrogens is 578 g/mol. The number of rotatable bonds is 9. The van der Waals surface area contributed by atoms with Gasteiger partial charge in [0.25, 0.3) is 5.56 Å². The molecule has 0 spiro atoms. The smallest absolute Gasteiger partial charge is 0.312 e. The monoisotopic (exact) mass is 603 g/mol. The van der Waals surface area contributed by atoms with Crippen LogP contribution in [0.1, 0.15) is 43.4 Å². The number of nitro groups is 1. The van der Waals surface area contributed by atoms with Crippen LogP contribution in [0.2, 0.25) is 0 Å². The van der Waals surface area contributed by atoms with Crippen molar-refractivity contribution in [3.63, 3.8) is 0 Å². The van der Waals surface area contributed by atoms with Crippen molar-refractivity contribution in [1.82, 2.24) is 9.66 Å². The lowest BCUT2D eigenvalue weighted by atomic mass is 9.96. The first-order valence-electron chi connectivity index (χ1n) is 12.5. The van der Waals surface area contributed by atoms with Crippen LogP contribution in [0.25, 0.3) is 22.3 Å². The van der Waals surface area contributed by atoms with Gasteiger partial charge in [-0.2, -0.15) is 15.0 Å². The van der Waals surface area contributed by atoms with Gasteiger partial charge in [0.2, 0.25) is 5.75 Å². The van der Waals surface area contributed by atoms with Crippen molar-refractivity contribution in [2.24, 2.45) is 5.10 Å². The summed E-state index contributed by atoms with van der Waals surface area (Å²) in [7, 11) is 0. The van der Waals surface area contributed by atoms with E-state index in [1.54, 1.807) is 30.3 Å². The summed E-state index contributed by atoms with van der Waals surface area (Å²) in [4.78, 5) is 29.6. The number of nitro benzene ring substituents is 1. The van der Waals surface area contributed by atoms with Crippen LogP contribution in [0.4, 0.5) is 5.69 Å². The fourth-order valence-electron chi connectivity index (χ4n) is 4.26. The Hall–Kier alpha value is -4.56. The average Bonchev–Trinajstić information content (AvgIpc) is 2.91. The van der Waals surface area contributed by atoms with E-state index < -0.39 is 10.5 Å². The molecular formula is C29H26BrN5O5. The van der Waals surface area contributed by atoms with Crippen LogP contribution in [0.3, 0.4) is 0 Å². The zero-order valence-electron chi connectivity index (χ0n) is 22.3. The van der Waals surface area contributed by atoms with E-state index in [2.05, 4.69) is 34.9 Å². The molecule has 0 radical (unpaired) electrons. The summed E-state index contributed by atoms with van der Waals surface area (Å²) >= 11 is 3.28. The van der Waals surface area contributed by atoms with E-state index in [0.29, 0.717) is 34.5 Å². The summed E-state index contributed by atoms with van der Waals surface area (Å²) in [6.07, 6.45) is 1.35. The lowest BCUT2D eigenvalue weighted by Gasteiger charge is -2.18. The van der Waals surface area contributed by atoms with E-state index in [9.17, 15) is 14.9 Å². The van der Waals surface area contributed by atoms with Crippen LogP contribution >= 0.6 is 15.9 Å². The number of halogens is 1. The van der Waals surface area contributed by atoms with Gasteiger partial charge in [-0.25, -0.2) is 4.98 Å². The third-order valence-electron chi connectivity index (χ3n) is 6.12. The lowest BCUT2D eigenvalue weighted by Crippen LogP contribution is -2.21. The lowest BCUT2D eigenvalue weighted by molar-refractivity contribution is -0.385. The predicted molar refractivity (Wildman–Crippen MR) is 156 cm³/mol. The molecule has 3 aromatic carbocycles. The maximum Gasteiger partial charge on any atom is 0.312 e. The molecule has 0 saturated carbocycles. The normalized spacial score (nSPS) is 11.2. The molecule has 0 aliphatic rings. The third kappa shape index (κ3) is 5.72. The second-order valence-electron chi connectivity index (χ2n) is 9.16. The van der Waals surface area contributed by atoms with Crippen LogP contribution in [-0.2, 0) is 0 Å². The Morgan fingerprint density at radius 3 is 2.65 bits per heavy atom. The minimum absolute atomic E-state index is 0.0693. The molecule has 0 aliphatic heterocycles. The molecule has 4 aromatic rings. The Balaban J connectivity index is 1.94. The van der Waals surface area contributed by atoms with Crippen LogP contribution in [-0.4, -0.2) is 34.0 Å². The number of aryl methyl sites for hydroxylation is 1. The first-order valence-corrected chi connectivity index (χ1v) is 13.3. The Kier molecular flexibility index (Phi) is 8.60. The van der Waals surface area contributed by atoms with Crippen molar-refractivity contribution in [3.8, 4) is 29.0 Å². The molecule has 0 amide bonds. The van der Waals surface area contributed by atoms with Crippen LogP contribution in [0, 0.1) is 28.4 Å². The number of fused-ring (bicyclic) bond motifs is 1. The molecule has 204 valence electrons. The van der Waals surface area contributed by atoms with Gasteiger partial charge in [0.15, 0.2) is 12.4 Å². The van der Waals surface area contributed by atoms with Crippen molar-refractivity contribution in [1.29, 1.82) is 5.26 Å². The summed E-state index contributed by atoms with van der Waals surface area (Å²) in [5.41, 5.74) is 2.63. The van der Waals surface area contributed by atoms with Crippen LogP contribution < -0.4 is 15.0 Å². The fourth-order valence-corrected chi connectivity index (χ4v) is 4.84. The standard InChI is InChI=1S/C29H26BrN5O5/c1-5-39-26-12-18(4)22(15-21(26)17(2)3)28-33-24-9-7-6-8-20(24)29(36)34(28)32-16-19-13-23(30)27(40-11-10-31)25(14-19)35(37)38/h6-9,12-17H,5,11H2,1-4H3. The molecule has 0 unspecified atom stereocenters. The van der Waals surface area contributed by atoms with E-state index in [-0.39, 0.29) is 28.4 Å². The Morgan fingerprint density at radius 2 is 1.98 bits per heavy atom. The van der Waals surface area contributed by atoms with Gasteiger partial charge in [-0.05, 0) is 77.2 Å². The average molecular weight is 604 g/mol. The molecule has 10 nitrogen and oxygen atoms in total. The number of nitriles is 1. The van der Waals surface area contributed by atoms with Crippen LogP contribution in [0.15, 0.2) is 62.9 Å². The molecule has 0 aliphatic carbocycles. The highest BCUT2D eigenvalue weighted by Gasteiger charge is 2.21. The Morgan fingerprint density at radius 1 is 1.23 bits per heavy atom. The molecule has 0 N–H and O–H groups in total. The molecule has 0 bridgehead atoms. The fraction of sp³-hybridized carbons (Fsp3) is 0.241. The van der Waals surface area contributed by atoms with Gasteiger partial charge >= 0.3 is 5.69 Å². The molecule has 4 rings (SSSR count). The van der Waals surface area contributed by atoms with Gasteiger partial charge in [-0.1, -0.05) is 26.0 Å². The maximum atomic E-state index is 13.7. The van der Waals surface area contributed by atoms with Crippen molar-refractivity contribution in [2.45, 2.75) is 33.6 Å². The summed E-state index contributed by atoms with van der Waals surface area (Å²) in [6.45, 7) is 8.13. The highest BCUT2D eigenvalue weighted by Crippen LogP contribution is 2.37. The summed E-state index contributed by atoms with van der Waals surface area (Å²) in [5, 5.41) is 25.4. The maximum absolute atomic E-state index is 13.7. The minimum Gasteiger partial charge on any atom is -0.494 e. The number of benzene rings is 3. The minimum atomic E-state index is -0.610. The van der Waals surface area contributed by atoms with Gasteiger partial charge in [-0.3, -0.25) is 14.9 Å². The molecule has 40 heavy (non-hydrogen) atoms. The largest absolute Gasteiger partial charge is 0.494 e. The van der Waals surface area contributed by atoms with Gasteiger partial charge in [0.1, 0.15) is 11.8 Å². The molecule has 11 heteroatoms. The molecule has 1 aromatic heterocycles. The summed E-state index contributed by atoms with van der Waals surface area (Å²) < 4.78 is 12.6. The van der Waals surface area contributed by atoms with Crippen molar-refractivity contribution in [2.75, 3.05) is 13.2 Å². The number of aromatic nitrogens is 2. The highest BCUT2D eigenvalue weighted by atomic mass is 79.9. The molecule has 0 atom stereocenters. The molecule has 0 fully saturated rings. The number of hydrogen-bond acceptors (Lipinski definition) is 8. The number of nitrogens with zero attached hydrogens (tertiary/aromatic N) is 5. The third-order valence-corrected chi connectivity index (χ3v) is 6.71. The zero-order chi connectivity index (χ0) is 29.0. The van der Waals surface area contributed by atoms with E-state index in [1.807, 2.05) is 32.0 Å². The van der Waals surface area contributed by atoms with Gasteiger partial charge < -0.3 is 9.47 Å². The second-order valence-corrected chi connectivity index (χ2v) is 10.0. The zero-order valence-corrected chi connectivity index (χ0v) is 23.9. The van der Waals surface area contributed by atoms with E-state index in [1.165, 1.54) is 17.0 Å². The van der Waals surface area contributed by atoms with E-state index >= 15 is 0 Å². The van der Waals surface area contributed by atoms with E-state index in [0.717, 1.165) is 16.9 Å². The van der Waals surface area contributed by atoms with Crippen molar-refractivity contribution >= 4 is 38.7 Å². The predicted octanol–water partition coefficient (Wildman–Crippen LogP) is 6.35. The van der Waals surface area contributed by atoms with Gasteiger partial charge in [0.05, 0.1) is 33.1 Å². The molecule has 1 heterocycles. The SMILES string of the molecule is CCOc1cc(C)c(-c2nc3ccccc3c(=O)n2N=Cc2cc(Br)c(OCC#N)c([N+](=O)[O-])c2)cc1C(C)C. The molecule has 0 saturated heterocycles. The highest BCUT2D eigenvalue weighted by molar-refractivity contribution is 9.10. The second kappa shape index (κ2) is 12.1. The first kappa shape index (κ1) is 28.4. The van der Waals surface area contributed by atoms with Gasteiger partial charge in [-0.15, -0.1) is 0 Å². The Labute approximate surface area is 238 Å². The number of ether oxygens (including phenoxy) is 2. The topological polar surface area (TPSA) is 133 Å². The van der Waals surface area contributed by atoms with Gasteiger partial charge in [0, 0.05) is 17.2 Å². The van der Waals surface area contributed by atoms with E-state index in [4.69, 9.17) is 19.7 Å². The number of hydrogen-bond donors (Lipinski definition) is 0. The van der Waals surface area contributed by atoms with Crippen molar-refractivity contribution in [3.05, 3.63) is 90.2 Å². The Bertz CT molecular complexity index is 1740. The summed E-state index contributed by atoms with van der Waals surface area (Å²) in [5.74, 6) is 1.17. The quantitative estimate of drug-likeness (QED) is 0.124.